The van der Waals surface area contributed by atoms with Gasteiger partial charge in [0.2, 0.25) is 5.91 Å². The van der Waals surface area contributed by atoms with E-state index in [1.54, 1.807) is 11.1 Å². The Kier molecular flexibility index (Phi) is 16.6. The van der Waals surface area contributed by atoms with Crippen molar-refractivity contribution in [1.29, 1.82) is 0 Å². The summed E-state index contributed by atoms with van der Waals surface area (Å²) in [4.78, 5) is 38.3. The minimum absolute atomic E-state index is 0.0899. The minimum atomic E-state index is -0.246. The monoisotopic (exact) mass is 821 g/mol. The molecule has 2 amide bonds. The lowest BCUT2D eigenvalue weighted by Gasteiger charge is -2.32. The third-order valence-electron chi connectivity index (χ3n) is 10.8. The number of rotatable bonds is 9. The van der Waals surface area contributed by atoms with E-state index in [1.807, 2.05) is 97.1 Å². The number of anilines is 1. The zero-order valence-corrected chi connectivity index (χ0v) is 34.8. The van der Waals surface area contributed by atoms with Gasteiger partial charge in [0.05, 0.1) is 76.8 Å². The Balaban J connectivity index is 0.958. The summed E-state index contributed by atoms with van der Waals surface area (Å²) in [6, 6.07) is 39.4. The average Bonchev–Trinajstić information content (AvgIpc) is 3.29. The number of fused-ring (bicyclic) bond motifs is 2. The first-order valence-corrected chi connectivity index (χ1v) is 21.2. The molecule has 1 unspecified atom stereocenters. The van der Waals surface area contributed by atoms with Gasteiger partial charge in [0.1, 0.15) is 0 Å². The average molecular weight is 822 g/mol. The molecule has 7 rings (SSSR count). The summed E-state index contributed by atoms with van der Waals surface area (Å²) in [6.07, 6.45) is 1.94. The summed E-state index contributed by atoms with van der Waals surface area (Å²) in [5, 5.41) is 2.97. The highest BCUT2D eigenvalue weighted by atomic mass is 16.5. The Hall–Kier alpha value is -5.71. The number of ether oxygens (including phenoxy) is 4. The number of hydrogen-bond acceptors (Lipinski definition) is 9. The van der Waals surface area contributed by atoms with Crippen LogP contribution >= 0.6 is 0 Å². The molecular weight excluding hydrogens is 767 g/mol. The molecule has 11 nitrogen and oxygen atoms in total. The largest absolute Gasteiger partial charge is 0.378 e. The van der Waals surface area contributed by atoms with Crippen molar-refractivity contribution in [1.82, 2.24) is 20.1 Å². The van der Waals surface area contributed by atoms with Gasteiger partial charge in [-0.25, -0.2) is 0 Å². The lowest BCUT2D eigenvalue weighted by atomic mass is 9.99. The second-order valence-electron chi connectivity index (χ2n) is 14.9. The molecule has 0 aliphatic carbocycles. The third-order valence-corrected chi connectivity index (χ3v) is 10.8. The number of benzene rings is 4. The van der Waals surface area contributed by atoms with Crippen LogP contribution in [0.5, 0.6) is 0 Å². The van der Waals surface area contributed by atoms with Gasteiger partial charge in [0.25, 0.3) is 5.91 Å². The highest BCUT2D eigenvalue weighted by Gasteiger charge is 2.25. The molecule has 0 saturated carbocycles. The number of para-hydroxylation sites is 1. The van der Waals surface area contributed by atoms with Gasteiger partial charge in [-0.1, -0.05) is 90.7 Å². The molecule has 2 aliphatic heterocycles. The number of carbonyl (C=O) groups excluding carboxylic acids is 2. The van der Waals surface area contributed by atoms with Crippen LogP contribution in [0.25, 0.3) is 0 Å². The Bertz CT molecular complexity index is 2170. The maximum absolute atomic E-state index is 13.7. The molecule has 316 valence electrons. The third kappa shape index (κ3) is 12.9. The Labute approximate surface area is 359 Å². The van der Waals surface area contributed by atoms with Crippen molar-refractivity contribution in [2.45, 2.75) is 25.6 Å². The zero-order chi connectivity index (χ0) is 41.9. The highest BCUT2D eigenvalue weighted by molar-refractivity contribution is 5.97. The molecule has 0 radical (unpaired) electrons. The Morgan fingerprint density at radius 2 is 1.25 bits per heavy atom. The molecule has 0 bridgehead atoms. The van der Waals surface area contributed by atoms with Crippen molar-refractivity contribution >= 4 is 17.5 Å². The van der Waals surface area contributed by atoms with Gasteiger partial charge < -0.3 is 29.2 Å². The van der Waals surface area contributed by atoms with E-state index in [0.717, 1.165) is 53.3 Å². The first-order chi connectivity index (χ1) is 30.1. The molecule has 11 heteroatoms. The van der Waals surface area contributed by atoms with Crippen LogP contribution in [0.3, 0.4) is 0 Å². The number of carbonyl (C=O) groups is 2. The molecule has 0 spiro atoms. The first kappa shape index (κ1) is 43.4. The molecule has 1 atom stereocenters. The zero-order valence-electron chi connectivity index (χ0n) is 34.8. The number of hydrogen-bond donors (Lipinski definition) is 1. The van der Waals surface area contributed by atoms with E-state index in [-0.39, 0.29) is 30.8 Å². The van der Waals surface area contributed by atoms with Crippen molar-refractivity contribution in [3.05, 3.63) is 167 Å². The second-order valence-corrected chi connectivity index (χ2v) is 14.9. The fourth-order valence-electron chi connectivity index (χ4n) is 7.53. The van der Waals surface area contributed by atoms with E-state index in [1.165, 1.54) is 5.56 Å². The van der Waals surface area contributed by atoms with E-state index < -0.39 is 0 Å². The van der Waals surface area contributed by atoms with E-state index in [2.05, 4.69) is 51.2 Å². The van der Waals surface area contributed by atoms with Crippen LogP contribution in [0.15, 0.2) is 128 Å². The van der Waals surface area contributed by atoms with Crippen LogP contribution < -0.4 is 10.2 Å². The van der Waals surface area contributed by atoms with Crippen LogP contribution in [0.2, 0.25) is 0 Å². The highest BCUT2D eigenvalue weighted by Crippen LogP contribution is 2.28. The number of nitrogens with zero attached hydrogens (tertiary/aromatic N) is 4. The van der Waals surface area contributed by atoms with E-state index in [9.17, 15) is 9.59 Å². The van der Waals surface area contributed by atoms with Gasteiger partial charge in [0, 0.05) is 68.6 Å². The first-order valence-electron chi connectivity index (χ1n) is 21.2. The van der Waals surface area contributed by atoms with E-state index in [0.29, 0.717) is 78.1 Å². The van der Waals surface area contributed by atoms with Gasteiger partial charge in [-0.2, -0.15) is 0 Å². The van der Waals surface area contributed by atoms with Crippen LogP contribution in [0.1, 0.15) is 56.3 Å². The molecule has 3 heterocycles. The lowest BCUT2D eigenvalue weighted by molar-refractivity contribution is -0.118. The summed E-state index contributed by atoms with van der Waals surface area (Å²) in [7, 11) is 0. The fourth-order valence-corrected chi connectivity index (χ4v) is 7.53. The number of aromatic nitrogens is 1. The minimum Gasteiger partial charge on any atom is -0.378 e. The van der Waals surface area contributed by atoms with Crippen molar-refractivity contribution in [3.63, 3.8) is 0 Å². The van der Waals surface area contributed by atoms with Crippen molar-refractivity contribution in [2.24, 2.45) is 0 Å². The van der Waals surface area contributed by atoms with Gasteiger partial charge >= 0.3 is 0 Å². The predicted molar refractivity (Wildman–Crippen MR) is 236 cm³/mol. The standard InChI is InChI=1S/C50H55N5O6/c56-48(55-39-45-14-5-4-12-41(45)17-18-42-13-6-7-16-47(42)55)23-25-52-50(57)44-21-19-43(20-22-44)49(46-15-8-9-24-51-46)54-28-32-60-36-34-58-30-26-53(38-40-10-2-1-3-11-40)27-31-59-35-37-61-33-29-54/h1-16,19-22,24,49H,23,25-39H2,(H,52,57). The van der Waals surface area contributed by atoms with Gasteiger partial charge in [-0.05, 0) is 59.2 Å². The summed E-state index contributed by atoms with van der Waals surface area (Å²) < 4.78 is 24.2. The smallest absolute Gasteiger partial charge is 0.251 e. The topological polar surface area (TPSA) is 106 Å². The molecule has 5 aromatic rings. The van der Waals surface area contributed by atoms with E-state index >= 15 is 0 Å². The predicted octanol–water partition coefficient (Wildman–Crippen LogP) is 6.12. The maximum atomic E-state index is 13.7. The second kappa shape index (κ2) is 23.3. The summed E-state index contributed by atoms with van der Waals surface area (Å²) in [5.74, 6) is 6.16. The summed E-state index contributed by atoms with van der Waals surface area (Å²) >= 11 is 0. The maximum Gasteiger partial charge on any atom is 0.251 e. The summed E-state index contributed by atoms with van der Waals surface area (Å²) in [6.45, 7) is 8.51. The van der Waals surface area contributed by atoms with Gasteiger partial charge in [-0.3, -0.25) is 24.4 Å². The molecule has 4 aromatic carbocycles. The molecule has 1 aromatic heterocycles. The molecule has 2 aliphatic rings. The quantitative estimate of drug-likeness (QED) is 0.176. The number of nitrogens with one attached hydrogen (secondary N) is 1. The van der Waals surface area contributed by atoms with Gasteiger partial charge in [0.15, 0.2) is 0 Å². The molecule has 1 N–H and O–H groups in total. The molecule has 1 fully saturated rings. The van der Waals surface area contributed by atoms with Crippen molar-refractivity contribution < 1.29 is 28.5 Å². The summed E-state index contributed by atoms with van der Waals surface area (Å²) in [5.41, 5.74) is 7.09. The van der Waals surface area contributed by atoms with Crippen LogP contribution in [0.4, 0.5) is 5.69 Å². The lowest BCUT2D eigenvalue weighted by Crippen LogP contribution is -2.36. The number of pyridine rings is 1. The van der Waals surface area contributed by atoms with Crippen molar-refractivity contribution in [2.75, 3.05) is 90.5 Å². The van der Waals surface area contributed by atoms with Crippen molar-refractivity contribution in [3.8, 4) is 11.8 Å². The molecule has 61 heavy (non-hydrogen) atoms. The molecule has 1 saturated heterocycles. The Morgan fingerprint density at radius 3 is 1.93 bits per heavy atom. The fraction of sp³-hybridized carbons (Fsp3) is 0.340. The number of amides is 2. The van der Waals surface area contributed by atoms with Crippen LogP contribution in [-0.2, 0) is 36.8 Å². The van der Waals surface area contributed by atoms with Crippen LogP contribution in [-0.4, -0.2) is 112 Å². The normalized spacial score (nSPS) is 16.8. The SMILES string of the molecule is O=C(NCCC(=O)N1Cc2ccccc2C#Cc2ccccc21)c1ccc(C(c2ccccn2)N2CCOCCOCCN(Cc3ccccc3)CCOCCOCC2)cc1. The van der Waals surface area contributed by atoms with E-state index in [4.69, 9.17) is 23.9 Å². The van der Waals surface area contributed by atoms with Gasteiger partial charge in [-0.15, -0.1) is 0 Å². The Morgan fingerprint density at radius 1 is 0.639 bits per heavy atom. The van der Waals surface area contributed by atoms with Crippen LogP contribution in [0, 0.1) is 11.8 Å². The molecular formula is C50H55N5O6.